The minimum absolute atomic E-state index is 0.671. The van der Waals surface area contributed by atoms with Crippen molar-refractivity contribution < 1.29 is 5.11 Å². The van der Waals surface area contributed by atoms with Crippen LogP contribution in [0.4, 0.5) is 0 Å². The van der Waals surface area contributed by atoms with Gasteiger partial charge in [0.1, 0.15) is 5.84 Å². The number of amidine groups is 1. The van der Waals surface area contributed by atoms with Crippen LogP contribution in [0.2, 0.25) is 0 Å². The van der Waals surface area contributed by atoms with Gasteiger partial charge in [-0.2, -0.15) is 5.10 Å². The molecule has 1 aliphatic heterocycles. The minimum atomic E-state index is -0.699. The fraction of sp³-hybridized carbons (Fsp3) is 0.300. The highest BCUT2D eigenvalue weighted by Gasteiger charge is 2.21. The first-order valence-corrected chi connectivity index (χ1v) is 4.56. The van der Waals surface area contributed by atoms with E-state index in [0.717, 1.165) is 11.4 Å². The summed E-state index contributed by atoms with van der Waals surface area (Å²) in [6.45, 7) is 2.54. The van der Waals surface area contributed by atoms with Crippen LogP contribution < -0.4 is 5.43 Å². The molecule has 0 spiro atoms. The van der Waals surface area contributed by atoms with Gasteiger partial charge in [0.05, 0.1) is 0 Å². The predicted molar refractivity (Wildman–Crippen MR) is 54.2 cm³/mol. The molecule has 1 aromatic rings. The quantitative estimate of drug-likeness (QED) is 0.723. The van der Waals surface area contributed by atoms with Crippen LogP contribution in [0.15, 0.2) is 35.4 Å². The average molecular weight is 191 g/mol. The Morgan fingerprint density at radius 2 is 2.14 bits per heavy atom. The fourth-order valence-corrected chi connectivity index (χ4v) is 1.44. The highest BCUT2D eigenvalue weighted by atomic mass is 16.3. The average Bonchev–Trinajstić information content (AvgIpc) is 2.51. The molecule has 1 aliphatic rings. The first-order valence-electron chi connectivity index (χ1n) is 4.56. The van der Waals surface area contributed by atoms with Gasteiger partial charge in [-0.25, -0.2) is 0 Å². The lowest BCUT2D eigenvalue weighted by atomic mass is 10.2. The monoisotopic (exact) mass is 191 g/mol. The first kappa shape index (κ1) is 9.02. The highest BCUT2D eigenvalue weighted by Crippen LogP contribution is 2.10. The molecule has 1 atom stereocenters. The Kier molecular flexibility index (Phi) is 2.37. The maximum Gasteiger partial charge on any atom is 0.221 e. The van der Waals surface area contributed by atoms with Crippen molar-refractivity contribution in [2.75, 3.05) is 0 Å². The summed E-state index contributed by atoms with van der Waals surface area (Å²) < 4.78 is 0. The summed E-state index contributed by atoms with van der Waals surface area (Å²) in [6.07, 6.45) is -0.699. The molecule has 0 saturated heterocycles. The highest BCUT2D eigenvalue weighted by molar-refractivity contribution is 5.80. The van der Waals surface area contributed by atoms with Crippen molar-refractivity contribution in [2.24, 2.45) is 5.10 Å². The Labute approximate surface area is 82.9 Å². The zero-order valence-corrected chi connectivity index (χ0v) is 8.01. The number of hydrazone groups is 1. The molecular formula is C10H13N3O. The molecule has 74 valence electrons. The van der Waals surface area contributed by atoms with Crippen LogP contribution in [-0.2, 0) is 6.54 Å². The summed E-state index contributed by atoms with van der Waals surface area (Å²) in [5.74, 6) is 0.807. The van der Waals surface area contributed by atoms with E-state index in [-0.39, 0.29) is 0 Å². The number of nitrogens with one attached hydrogen (secondary N) is 1. The van der Waals surface area contributed by atoms with Gasteiger partial charge >= 0.3 is 0 Å². The molecule has 4 heteroatoms. The van der Waals surface area contributed by atoms with Crippen LogP contribution >= 0.6 is 0 Å². The van der Waals surface area contributed by atoms with Crippen LogP contribution in [0.5, 0.6) is 0 Å². The lowest BCUT2D eigenvalue weighted by Gasteiger charge is -2.21. The summed E-state index contributed by atoms with van der Waals surface area (Å²) in [4.78, 5) is 1.80. The summed E-state index contributed by atoms with van der Waals surface area (Å²) in [5, 5.41) is 13.5. The Morgan fingerprint density at radius 1 is 1.43 bits per heavy atom. The van der Waals surface area contributed by atoms with E-state index in [9.17, 15) is 5.11 Å². The van der Waals surface area contributed by atoms with E-state index in [1.807, 2.05) is 37.3 Å². The van der Waals surface area contributed by atoms with Crippen molar-refractivity contribution >= 4 is 5.84 Å². The summed E-state index contributed by atoms with van der Waals surface area (Å²) in [6, 6.07) is 10.00. The molecule has 1 heterocycles. The number of rotatable bonds is 2. The van der Waals surface area contributed by atoms with E-state index in [1.165, 1.54) is 0 Å². The predicted octanol–water partition coefficient (Wildman–Crippen LogP) is 0.701. The molecule has 0 amide bonds. The van der Waals surface area contributed by atoms with E-state index in [2.05, 4.69) is 10.5 Å². The normalized spacial score (nSPS) is 20.6. The van der Waals surface area contributed by atoms with E-state index >= 15 is 0 Å². The van der Waals surface area contributed by atoms with Gasteiger partial charge in [-0.05, 0) is 12.5 Å². The fourth-order valence-electron chi connectivity index (χ4n) is 1.44. The van der Waals surface area contributed by atoms with Gasteiger partial charge in [-0.15, -0.1) is 0 Å². The van der Waals surface area contributed by atoms with Crippen LogP contribution in [0.25, 0.3) is 0 Å². The van der Waals surface area contributed by atoms with Gasteiger partial charge < -0.3 is 10.0 Å². The van der Waals surface area contributed by atoms with Crippen LogP contribution in [-0.4, -0.2) is 22.2 Å². The Bertz CT molecular complexity index is 336. The maximum absolute atomic E-state index is 9.52. The molecule has 0 bridgehead atoms. The number of benzene rings is 1. The molecule has 4 nitrogen and oxygen atoms in total. The molecule has 0 fully saturated rings. The molecule has 2 N–H and O–H groups in total. The van der Waals surface area contributed by atoms with Crippen molar-refractivity contribution in [3.63, 3.8) is 0 Å². The zero-order chi connectivity index (χ0) is 9.97. The molecule has 1 aromatic carbocycles. The van der Waals surface area contributed by atoms with Gasteiger partial charge in [-0.1, -0.05) is 30.3 Å². The number of nitrogens with zero attached hydrogens (tertiary/aromatic N) is 2. The first-order chi connectivity index (χ1) is 6.77. The van der Waals surface area contributed by atoms with Crippen molar-refractivity contribution in [1.29, 1.82) is 0 Å². The third-order valence-electron chi connectivity index (χ3n) is 2.25. The Balaban J connectivity index is 2.08. The molecule has 2 rings (SSSR count). The second-order valence-corrected chi connectivity index (χ2v) is 3.28. The number of aliphatic hydroxyl groups excluding tert-OH is 1. The summed E-state index contributed by atoms with van der Waals surface area (Å²) >= 11 is 0. The number of hydrogen-bond acceptors (Lipinski definition) is 4. The third kappa shape index (κ3) is 1.70. The molecular weight excluding hydrogens is 178 g/mol. The molecule has 0 radical (unpaired) electrons. The van der Waals surface area contributed by atoms with E-state index < -0.39 is 6.35 Å². The van der Waals surface area contributed by atoms with Gasteiger partial charge in [0.2, 0.25) is 6.35 Å². The standard InChI is InChI=1S/C10H13N3O/c1-8-11-12-10(14)13(8)7-9-5-3-2-4-6-9/h2-6,10,12,14H,7H2,1H3/t10-/m1/s1. The van der Waals surface area contributed by atoms with Gasteiger partial charge in [0.25, 0.3) is 0 Å². The molecule has 14 heavy (non-hydrogen) atoms. The lowest BCUT2D eigenvalue weighted by Crippen LogP contribution is -2.38. The summed E-state index contributed by atoms with van der Waals surface area (Å²) in [7, 11) is 0. The maximum atomic E-state index is 9.52. The Hall–Kier alpha value is -1.55. The number of hydrogen-bond donors (Lipinski definition) is 2. The smallest absolute Gasteiger partial charge is 0.221 e. The molecule has 0 aromatic heterocycles. The van der Waals surface area contributed by atoms with Gasteiger partial charge in [-0.3, -0.25) is 5.43 Å². The van der Waals surface area contributed by atoms with Crippen LogP contribution in [0.3, 0.4) is 0 Å². The van der Waals surface area contributed by atoms with Crippen molar-refractivity contribution in [3.05, 3.63) is 35.9 Å². The van der Waals surface area contributed by atoms with Crippen molar-refractivity contribution in [1.82, 2.24) is 10.3 Å². The van der Waals surface area contributed by atoms with E-state index in [4.69, 9.17) is 0 Å². The largest absolute Gasteiger partial charge is 0.355 e. The molecule has 0 aliphatic carbocycles. The minimum Gasteiger partial charge on any atom is -0.355 e. The van der Waals surface area contributed by atoms with Crippen LogP contribution in [0.1, 0.15) is 12.5 Å². The topological polar surface area (TPSA) is 47.9 Å². The van der Waals surface area contributed by atoms with E-state index in [0.29, 0.717) is 6.54 Å². The second kappa shape index (κ2) is 3.67. The molecule has 0 unspecified atom stereocenters. The van der Waals surface area contributed by atoms with E-state index in [1.54, 1.807) is 4.90 Å². The van der Waals surface area contributed by atoms with Crippen LogP contribution in [0, 0.1) is 0 Å². The second-order valence-electron chi connectivity index (χ2n) is 3.28. The summed E-state index contributed by atoms with van der Waals surface area (Å²) in [5.41, 5.74) is 3.77. The third-order valence-corrected chi connectivity index (χ3v) is 2.25. The van der Waals surface area contributed by atoms with Gasteiger partial charge in [0.15, 0.2) is 0 Å². The lowest BCUT2D eigenvalue weighted by molar-refractivity contribution is 0.0367. The number of aliphatic hydroxyl groups is 1. The SMILES string of the molecule is CC1=NN[C@@H](O)N1Cc1ccccc1. The van der Waals surface area contributed by atoms with Crippen molar-refractivity contribution in [3.8, 4) is 0 Å². The Morgan fingerprint density at radius 3 is 2.71 bits per heavy atom. The van der Waals surface area contributed by atoms with Crippen molar-refractivity contribution in [2.45, 2.75) is 19.8 Å². The zero-order valence-electron chi connectivity index (χ0n) is 8.01. The van der Waals surface area contributed by atoms with Gasteiger partial charge in [0, 0.05) is 6.54 Å². The molecule has 0 saturated carbocycles.